The molecule has 5 aliphatic rings. The number of phenols is 2. The summed E-state index contributed by atoms with van der Waals surface area (Å²) < 4.78 is 57.6. The molecule has 3 saturated heterocycles. The highest BCUT2D eigenvalue weighted by Gasteiger charge is 2.55. The van der Waals surface area contributed by atoms with Gasteiger partial charge in [-0.15, -0.1) is 0 Å². The van der Waals surface area contributed by atoms with Crippen LogP contribution in [-0.2, 0) is 121 Å². The fourth-order valence-electron chi connectivity index (χ4n) is 11.8. The molecule has 2 aliphatic carbocycles. The maximum Gasteiger partial charge on any atom is 0.305 e. The van der Waals surface area contributed by atoms with Gasteiger partial charge in [-0.2, -0.15) is 30.0 Å². The quantitative estimate of drug-likeness (QED) is 0.0138. The number of hydroxylamine groups is 1. The van der Waals surface area contributed by atoms with E-state index in [9.17, 15) is 44.1 Å². The molecule has 0 bridgehead atoms. The first-order valence-corrected chi connectivity index (χ1v) is 35.7. The molecular formula is C63H77Br4N9O21. The average Bonchev–Trinajstić information content (AvgIpc) is 1.16. The number of amides is 2. The first-order chi connectivity index (χ1) is 46.8. The summed E-state index contributed by atoms with van der Waals surface area (Å²) >= 11 is 13.5. The lowest BCUT2D eigenvalue weighted by Crippen LogP contribution is -2.55. The Morgan fingerprint density at radius 2 is 1.32 bits per heavy atom. The molecule has 3 aromatic carbocycles. The fraction of sp³-hybridized carbons (Fsp3) is 0.556. The highest BCUT2D eigenvalue weighted by atomic mass is 79.9. The van der Waals surface area contributed by atoms with E-state index in [4.69, 9.17) is 57.3 Å². The van der Waals surface area contributed by atoms with Gasteiger partial charge >= 0.3 is 5.97 Å². The number of morpholine rings is 1. The number of carboxylic acid groups (broad SMARTS) is 1. The minimum atomic E-state index is -2.38. The molecule has 3 aliphatic heterocycles. The lowest BCUT2D eigenvalue weighted by atomic mass is 9.72. The Hall–Kier alpha value is -5.80. The standard InChI is InChI=1S/C52H60Br2N6O17.C11H17Br2N3O4/c1-27-48-35(59-12-16-73-50(70-3)49(59)77-48)20-39(75-27)76-37-22-52(68,21-32-41(37)47(66)43-42(45(32)64)44(63)31-5-4-6-36(69-2)40(31)46(43)65)51(67)58-74-26-29-9-7-28(8-10-29)19-30(61)25-55-38(62)11-14-71-17-18-72-15-13-60-56-33(23-53)34(24-54)57-60;12-7-9-10(8-13)15-16(14-9)2-4-20-6-5-19-3-1-11(17)18/h4-10,27,35,37,39,48-50,64,66,68H,11-26H2,1-3H3,(H,55,62)(H,58,67);1-8H2,(H,17,18)/t27-,35-,37-,39-,48+,49+,50-,52-;/m0./s1. The van der Waals surface area contributed by atoms with Gasteiger partial charge in [-0.1, -0.05) is 100 Å². The highest BCUT2D eigenvalue weighted by Crippen LogP contribution is 2.53. The number of hydrogen-bond acceptors (Lipinski definition) is 25. The summed E-state index contributed by atoms with van der Waals surface area (Å²) in [6, 6.07) is 11.0. The summed E-state index contributed by atoms with van der Waals surface area (Å²) in [5.41, 5.74) is 3.33. The Bertz CT molecular complexity index is 3520. The number of fused-ring (bicyclic) bond motifs is 6. The number of phenolic OH excluding ortho intramolecular Hbond substituents is 2. The normalized spacial score (nSPS) is 21.8. The minimum Gasteiger partial charge on any atom is -0.507 e. The number of aliphatic hydroxyl groups is 1. The van der Waals surface area contributed by atoms with Crippen LogP contribution in [0.1, 0.15) is 116 Å². The van der Waals surface area contributed by atoms with Gasteiger partial charge in [0.25, 0.3) is 5.91 Å². The number of benzene rings is 3. The molecule has 2 aromatic heterocycles. The topological polar surface area (TPSA) is 374 Å². The van der Waals surface area contributed by atoms with Crippen molar-refractivity contribution in [2.75, 3.05) is 86.8 Å². The molecule has 2 amide bonds. The lowest BCUT2D eigenvalue weighted by molar-refractivity contribution is -0.256. The van der Waals surface area contributed by atoms with E-state index in [1.165, 1.54) is 32.4 Å². The van der Waals surface area contributed by atoms with Crippen LogP contribution in [0.15, 0.2) is 42.5 Å². The molecule has 0 saturated carbocycles. The van der Waals surface area contributed by atoms with Crippen molar-refractivity contribution in [2.24, 2.45) is 0 Å². The third kappa shape index (κ3) is 18.8. The number of halogens is 4. The van der Waals surface area contributed by atoms with Crippen molar-refractivity contribution in [1.29, 1.82) is 0 Å². The Morgan fingerprint density at radius 3 is 1.91 bits per heavy atom. The van der Waals surface area contributed by atoms with Gasteiger partial charge in [-0.3, -0.25) is 38.5 Å². The van der Waals surface area contributed by atoms with E-state index in [-0.39, 0.29) is 104 Å². The number of nitrogens with zero attached hydrogens (tertiary/aromatic N) is 7. The highest BCUT2D eigenvalue weighted by molar-refractivity contribution is 9.09. The van der Waals surface area contributed by atoms with E-state index in [0.717, 1.165) is 22.8 Å². The van der Waals surface area contributed by atoms with Crippen LogP contribution in [0.3, 0.4) is 0 Å². The van der Waals surface area contributed by atoms with Crippen LogP contribution in [0.4, 0.5) is 0 Å². The molecule has 0 radical (unpaired) electrons. The van der Waals surface area contributed by atoms with E-state index in [1.807, 2.05) is 6.92 Å². The number of aliphatic carboxylic acids is 1. The van der Waals surface area contributed by atoms with Crippen molar-refractivity contribution in [3.05, 3.63) is 110 Å². The predicted molar refractivity (Wildman–Crippen MR) is 353 cm³/mol. The monoisotopic (exact) mass is 1610 g/mol. The van der Waals surface area contributed by atoms with Crippen LogP contribution in [0, 0.1) is 0 Å². The molecule has 3 fully saturated rings. The first kappa shape index (κ1) is 75.4. The largest absolute Gasteiger partial charge is 0.507 e. The molecular weight excluding hydrogens is 1540 g/mol. The average molecular weight is 1620 g/mol. The van der Waals surface area contributed by atoms with Gasteiger partial charge in [0.2, 0.25) is 11.7 Å². The van der Waals surface area contributed by atoms with E-state index in [0.29, 0.717) is 98.3 Å². The Morgan fingerprint density at radius 1 is 0.732 bits per heavy atom. The zero-order chi connectivity index (χ0) is 69.3. The first-order valence-electron chi connectivity index (χ1n) is 31.2. The summed E-state index contributed by atoms with van der Waals surface area (Å²) in [6.07, 6.45) is -5.25. The smallest absolute Gasteiger partial charge is 0.305 e. The van der Waals surface area contributed by atoms with Crippen molar-refractivity contribution >= 4 is 98.9 Å². The zero-order valence-corrected chi connectivity index (χ0v) is 59.8. The molecule has 8 atom stereocenters. The third-order valence-electron chi connectivity index (χ3n) is 16.6. The van der Waals surface area contributed by atoms with Gasteiger partial charge in [0.05, 0.1) is 151 Å². The Kier molecular flexibility index (Phi) is 28.0. The fourth-order valence-corrected chi connectivity index (χ4v) is 13.6. The van der Waals surface area contributed by atoms with Gasteiger partial charge in [0.15, 0.2) is 36.0 Å². The SMILES string of the molecule is COc1cccc2c1C(=O)c1c(O)c3c(c(O)c1C2=O)C[C@@](O)(C(=O)NOCc1ccc(CC(=O)CNC(=O)CCOCCOCCn2nc(CBr)c(CBr)n2)cc1)C[C@@H]3O[C@H]1C[C@H]2[C@H](O[C@@H]3[C@@H](OC)OCCN32)[C@H](C)O1.O=C(O)CCOCCOCCn1nc(CBr)c(CBr)n1. The van der Waals surface area contributed by atoms with E-state index < -0.39 is 95.5 Å². The maximum absolute atomic E-state index is 14.3. The number of methoxy groups -OCH3 is 2. The molecule has 0 spiro atoms. The molecule has 34 heteroatoms. The second kappa shape index (κ2) is 36.0. The molecule has 5 aromatic rings. The number of alkyl halides is 4. The number of ether oxygens (including phenoxy) is 10. The number of ketones is 3. The van der Waals surface area contributed by atoms with Crippen LogP contribution in [0.2, 0.25) is 0 Å². The van der Waals surface area contributed by atoms with Crippen molar-refractivity contribution < 1.29 is 101 Å². The molecule has 5 heterocycles. The summed E-state index contributed by atoms with van der Waals surface area (Å²) in [7, 11) is 2.87. The number of rotatable bonds is 34. The number of aromatic nitrogens is 6. The molecule has 6 N–H and O–H groups in total. The maximum atomic E-state index is 14.3. The number of Topliss-reactive ketones (excluding diaryl/α,β-unsaturated/α-hetero) is 1. The summed E-state index contributed by atoms with van der Waals surface area (Å²) in [5.74, 6) is -5.28. The second-order valence-electron chi connectivity index (χ2n) is 23.0. The van der Waals surface area contributed by atoms with Crippen molar-refractivity contribution in [1.82, 2.24) is 45.7 Å². The third-order valence-corrected chi connectivity index (χ3v) is 18.7. The van der Waals surface area contributed by atoms with Crippen LogP contribution >= 0.6 is 63.7 Å². The van der Waals surface area contributed by atoms with Gasteiger partial charge < -0.3 is 73.1 Å². The molecule has 30 nitrogen and oxygen atoms in total. The Balaban J connectivity index is 0.000000474. The van der Waals surface area contributed by atoms with Crippen molar-refractivity contribution in [3.63, 3.8) is 0 Å². The number of carboxylic acids is 1. The van der Waals surface area contributed by atoms with Crippen LogP contribution in [0.25, 0.3) is 0 Å². The number of hydrogen-bond donors (Lipinski definition) is 6. The van der Waals surface area contributed by atoms with Crippen LogP contribution < -0.4 is 15.5 Å². The van der Waals surface area contributed by atoms with E-state index in [2.05, 4.69) is 99.8 Å². The summed E-state index contributed by atoms with van der Waals surface area (Å²) in [4.78, 5) is 88.7. The number of nitrogens with one attached hydrogen (secondary N) is 2. The lowest BCUT2D eigenvalue weighted by Gasteiger charge is -2.43. The number of aromatic hydroxyl groups is 2. The summed E-state index contributed by atoms with van der Waals surface area (Å²) in [5, 5.41) is 67.5. The molecule has 0 unspecified atom stereocenters. The van der Waals surface area contributed by atoms with Crippen LogP contribution in [-0.4, -0.2) is 220 Å². The van der Waals surface area contributed by atoms with Gasteiger partial charge in [0.1, 0.15) is 23.4 Å². The van der Waals surface area contributed by atoms with Gasteiger partial charge in [-0.05, 0) is 24.1 Å². The molecule has 10 rings (SSSR count). The zero-order valence-electron chi connectivity index (χ0n) is 53.4. The van der Waals surface area contributed by atoms with Crippen molar-refractivity contribution in [3.8, 4) is 17.2 Å². The second-order valence-corrected chi connectivity index (χ2v) is 25.2. The van der Waals surface area contributed by atoms with Crippen molar-refractivity contribution in [2.45, 2.75) is 135 Å². The summed E-state index contributed by atoms with van der Waals surface area (Å²) in [6.45, 7) is 6.16. The van der Waals surface area contributed by atoms with E-state index in [1.54, 1.807) is 33.9 Å². The van der Waals surface area contributed by atoms with E-state index >= 15 is 0 Å². The molecule has 97 heavy (non-hydrogen) atoms. The van der Waals surface area contributed by atoms with Gasteiger partial charge in [0, 0.05) is 89.8 Å². The Labute approximate surface area is 591 Å². The predicted octanol–water partition coefficient (Wildman–Crippen LogP) is 4.71. The van der Waals surface area contributed by atoms with Crippen LogP contribution in [0.5, 0.6) is 17.2 Å². The number of carbonyl (C=O) groups is 6. The molecule has 528 valence electrons. The van der Waals surface area contributed by atoms with Gasteiger partial charge in [-0.25, -0.2) is 5.48 Å². The number of carbonyl (C=O) groups excluding carboxylic acids is 5. The minimum absolute atomic E-state index is 0.0157.